The van der Waals surface area contributed by atoms with Crippen LogP contribution in [0, 0.1) is 0 Å². The largest absolute Gasteiger partial charge is 0.300 e. The Labute approximate surface area is 181 Å². The maximum atomic E-state index is 13.2. The first-order valence-electron chi connectivity index (χ1n) is 10.7. The van der Waals surface area contributed by atoms with E-state index in [2.05, 4.69) is 34.1 Å². The topological polar surface area (TPSA) is 53.7 Å². The van der Waals surface area contributed by atoms with Gasteiger partial charge in [-0.1, -0.05) is 31.2 Å². The quantitative estimate of drug-likeness (QED) is 0.772. The van der Waals surface area contributed by atoms with E-state index in [4.69, 9.17) is 0 Å². The summed E-state index contributed by atoms with van der Waals surface area (Å²) in [5.41, 5.74) is 5.78. The highest BCUT2D eigenvalue weighted by molar-refractivity contribution is 6.03. The number of rotatable bonds is 3. The van der Waals surface area contributed by atoms with Gasteiger partial charge < -0.3 is 0 Å². The third kappa shape index (κ3) is 3.70. The van der Waals surface area contributed by atoms with Crippen LogP contribution in [0.15, 0.2) is 82.9 Å². The zero-order valence-electron chi connectivity index (χ0n) is 17.8. The first-order chi connectivity index (χ1) is 15.1. The fourth-order valence-corrected chi connectivity index (χ4v) is 4.16. The molecule has 0 N–H and O–H groups in total. The van der Waals surface area contributed by atoms with Gasteiger partial charge in [-0.25, -0.2) is 0 Å². The lowest BCUT2D eigenvalue weighted by molar-refractivity contribution is -0.121. The van der Waals surface area contributed by atoms with Crippen LogP contribution in [0.2, 0.25) is 0 Å². The molecule has 31 heavy (non-hydrogen) atoms. The number of aromatic nitrogens is 2. The average molecular weight is 412 g/mol. The van der Waals surface area contributed by atoms with Gasteiger partial charge in [0, 0.05) is 37.8 Å². The van der Waals surface area contributed by atoms with Crippen molar-refractivity contribution in [2.45, 2.75) is 13.3 Å². The number of benzene rings is 1. The predicted molar refractivity (Wildman–Crippen MR) is 124 cm³/mol. The fraction of sp³-hybridized carbons (Fsp3) is 0.240. The van der Waals surface area contributed by atoms with Crippen molar-refractivity contribution in [1.82, 2.24) is 19.6 Å². The van der Waals surface area contributed by atoms with Gasteiger partial charge in [0.15, 0.2) is 0 Å². The number of likely N-dealkylation sites (N-methyl/N-ethyl adjacent to an activating group) is 1. The fourth-order valence-electron chi connectivity index (χ4n) is 4.16. The first kappa shape index (κ1) is 19.5. The molecular weight excluding hydrogens is 386 g/mol. The maximum absolute atomic E-state index is 13.2. The van der Waals surface area contributed by atoms with E-state index in [0.717, 1.165) is 59.5 Å². The zero-order valence-corrected chi connectivity index (χ0v) is 17.8. The Morgan fingerprint density at radius 1 is 1.23 bits per heavy atom. The normalized spacial score (nSPS) is 22.1. The van der Waals surface area contributed by atoms with E-state index in [1.54, 1.807) is 17.2 Å². The van der Waals surface area contributed by atoms with Gasteiger partial charge in [-0.15, -0.1) is 0 Å². The van der Waals surface area contributed by atoms with Gasteiger partial charge in [-0.2, -0.15) is 5.10 Å². The number of carbonyl (C=O) groups excluding carboxylic acids is 1. The molecule has 0 aliphatic carbocycles. The van der Waals surface area contributed by atoms with Gasteiger partial charge in [0.25, 0.3) is 5.91 Å². The molecule has 4 heterocycles. The Balaban J connectivity index is 1.46. The molecule has 3 aliphatic heterocycles. The summed E-state index contributed by atoms with van der Waals surface area (Å²) in [7, 11) is 1.93. The highest BCUT2D eigenvalue weighted by Gasteiger charge is 2.22. The van der Waals surface area contributed by atoms with E-state index in [1.165, 1.54) is 5.57 Å². The molecule has 2 aromatic rings. The van der Waals surface area contributed by atoms with Crippen molar-refractivity contribution in [3.63, 3.8) is 0 Å². The van der Waals surface area contributed by atoms with Crippen LogP contribution in [0.5, 0.6) is 0 Å². The van der Waals surface area contributed by atoms with Crippen molar-refractivity contribution in [3.05, 3.63) is 83.5 Å². The molecule has 0 saturated heterocycles. The lowest BCUT2D eigenvalue weighted by Gasteiger charge is -2.28. The number of amides is 1. The molecule has 0 saturated carbocycles. The van der Waals surface area contributed by atoms with Crippen molar-refractivity contribution in [2.24, 2.45) is 12.0 Å². The Bertz CT molecular complexity index is 1240. The van der Waals surface area contributed by atoms with Crippen molar-refractivity contribution in [1.29, 1.82) is 0 Å². The van der Waals surface area contributed by atoms with Crippen LogP contribution in [0.4, 0.5) is 0 Å². The van der Waals surface area contributed by atoms with E-state index in [1.807, 2.05) is 54.5 Å². The maximum Gasteiger partial charge on any atom is 0.255 e. The molecule has 0 unspecified atom stereocenters. The Kier molecular flexibility index (Phi) is 5.00. The van der Waals surface area contributed by atoms with Crippen molar-refractivity contribution in [2.75, 3.05) is 19.6 Å². The summed E-state index contributed by atoms with van der Waals surface area (Å²) in [6.07, 6.45) is 16.2. The number of nitrogens with zero attached hydrogens (tertiary/aromatic N) is 5. The molecule has 0 bridgehead atoms. The molecule has 156 valence electrons. The molecule has 0 fully saturated rings. The van der Waals surface area contributed by atoms with Gasteiger partial charge in [0.05, 0.1) is 29.3 Å². The molecule has 1 amide bonds. The van der Waals surface area contributed by atoms with Crippen LogP contribution in [0.1, 0.15) is 18.9 Å². The summed E-state index contributed by atoms with van der Waals surface area (Å²) in [5, 5.41) is 5.36. The third-order valence-corrected chi connectivity index (χ3v) is 6.07. The Morgan fingerprint density at radius 3 is 2.94 bits per heavy atom. The van der Waals surface area contributed by atoms with Crippen molar-refractivity contribution >= 4 is 28.6 Å². The standard InChI is InChI=1S/C25H25N5O/c1-3-29-11-9-18(10-12-29)23-17-30-22(16-26-23)6-4-5-19(14-25(30)31)20-7-8-24-21(13-20)15-27-28(24)2/h4-9,13-17H,3,10-12H2,1-2H3/b5-4+,19-14+,22-6?. The SMILES string of the molecule is CCN1CC=C(C2=CN3C(=O)/C=C(c4ccc5c(cnn5C)c4)\C=C\C=C3C=N2)CC1. The summed E-state index contributed by atoms with van der Waals surface area (Å²) in [5.74, 6) is -0.0767. The lowest BCUT2D eigenvalue weighted by Crippen LogP contribution is -2.30. The monoisotopic (exact) mass is 411 g/mol. The molecule has 1 aromatic heterocycles. The lowest BCUT2D eigenvalue weighted by atomic mass is 10.0. The van der Waals surface area contributed by atoms with Crippen molar-refractivity contribution in [3.8, 4) is 0 Å². The van der Waals surface area contributed by atoms with Gasteiger partial charge in [0.1, 0.15) is 0 Å². The van der Waals surface area contributed by atoms with E-state index >= 15 is 0 Å². The van der Waals surface area contributed by atoms with Gasteiger partial charge in [-0.05, 0) is 47.9 Å². The Hall–Kier alpha value is -3.51. The third-order valence-electron chi connectivity index (χ3n) is 6.07. The number of hydrogen-bond acceptors (Lipinski definition) is 4. The molecular formula is C25H25N5O. The highest BCUT2D eigenvalue weighted by atomic mass is 16.2. The summed E-state index contributed by atoms with van der Waals surface area (Å²) in [6, 6.07) is 6.14. The molecule has 6 nitrogen and oxygen atoms in total. The summed E-state index contributed by atoms with van der Waals surface area (Å²) >= 11 is 0. The van der Waals surface area contributed by atoms with Crippen LogP contribution in [0.3, 0.4) is 0 Å². The molecule has 0 radical (unpaired) electrons. The zero-order chi connectivity index (χ0) is 21.4. The summed E-state index contributed by atoms with van der Waals surface area (Å²) in [4.78, 5) is 21.9. The molecule has 0 atom stereocenters. The van der Waals surface area contributed by atoms with E-state index in [0.29, 0.717) is 0 Å². The highest BCUT2D eigenvalue weighted by Crippen LogP contribution is 2.28. The van der Waals surface area contributed by atoms with Gasteiger partial charge >= 0.3 is 0 Å². The minimum atomic E-state index is -0.0767. The second-order valence-electron chi connectivity index (χ2n) is 7.95. The first-order valence-corrected chi connectivity index (χ1v) is 10.7. The molecule has 0 spiro atoms. The molecule has 1 aromatic carbocycles. The number of hydrogen-bond donors (Lipinski definition) is 0. The molecule has 5 rings (SSSR count). The van der Waals surface area contributed by atoms with Crippen LogP contribution in [0.25, 0.3) is 16.5 Å². The minimum Gasteiger partial charge on any atom is -0.300 e. The average Bonchev–Trinajstić information content (AvgIpc) is 3.17. The Morgan fingerprint density at radius 2 is 2.13 bits per heavy atom. The van der Waals surface area contributed by atoms with Crippen LogP contribution >= 0.6 is 0 Å². The van der Waals surface area contributed by atoms with E-state index < -0.39 is 0 Å². The number of aryl methyl sites for hydroxylation is 1. The molecule has 3 aliphatic rings. The summed E-state index contributed by atoms with van der Waals surface area (Å²) in [6.45, 7) is 5.18. The van der Waals surface area contributed by atoms with Gasteiger partial charge in [-0.3, -0.25) is 24.3 Å². The molecule has 6 heteroatoms. The van der Waals surface area contributed by atoms with E-state index in [9.17, 15) is 4.79 Å². The minimum absolute atomic E-state index is 0.0767. The van der Waals surface area contributed by atoms with Crippen LogP contribution < -0.4 is 0 Å². The number of aliphatic imine (C=N–C) groups is 1. The van der Waals surface area contributed by atoms with Crippen LogP contribution in [-0.4, -0.2) is 51.3 Å². The summed E-state index contributed by atoms with van der Waals surface area (Å²) < 4.78 is 1.85. The van der Waals surface area contributed by atoms with Crippen molar-refractivity contribution < 1.29 is 4.79 Å². The number of fused-ring (bicyclic) bond motifs is 2. The number of allylic oxidation sites excluding steroid dienone is 6. The van der Waals surface area contributed by atoms with Gasteiger partial charge in [0.2, 0.25) is 0 Å². The number of carbonyl (C=O) groups is 1. The van der Waals surface area contributed by atoms with E-state index in [-0.39, 0.29) is 5.91 Å². The smallest absolute Gasteiger partial charge is 0.255 e. The second-order valence-corrected chi connectivity index (χ2v) is 7.95. The second kappa shape index (κ2) is 7.96. The van der Waals surface area contributed by atoms with Crippen LogP contribution in [-0.2, 0) is 11.8 Å². The predicted octanol–water partition coefficient (Wildman–Crippen LogP) is 3.82.